The van der Waals surface area contributed by atoms with Crippen LogP contribution in [-0.2, 0) is 6.54 Å². The average Bonchev–Trinajstić information content (AvgIpc) is 3.18. The van der Waals surface area contributed by atoms with Gasteiger partial charge in [0.2, 0.25) is 0 Å². The van der Waals surface area contributed by atoms with E-state index in [1.807, 2.05) is 60.8 Å². The van der Waals surface area contributed by atoms with Crippen LogP contribution in [0.1, 0.15) is 12.5 Å². The summed E-state index contributed by atoms with van der Waals surface area (Å²) in [4.78, 5) is 18.4. The van der Waals surface area contributed by atoms with Crippen molar-refractivity contribution >= 4 is 23.1 Å². The maximum absolute atomic E-state index is 12.5. The van der Waals surface area contributed by atoms with Crippen LogP contribution in [0.2, 0.25) is 0 Å². The zero-order valence-electron chi connectivity index (χ0n) is 14.8. The summed E-state index contributed by atoms with van der Waals surface area (Å²) in [6.45, 7) is 3.11. The smallest absolute Gasteiger partial charge is 0.321 e. The van der Waals surface area contributed by atoms with Crippen molar-refractivity contribution < 1.29 is 9.53 Å². The van der Waals surface area contributed by atoms with E-state index in [-0.39, 0.29) is 6.03 Å². The number of nitrogens with one attached hydrogen (secondary N) is 1. The lowest BCUT2D eigenvalue weighted by Crippen LogP contribution is -2.30. The van der Waals surface area contributed by atoms with Gasteiger partial charge in [0.05, 0.1) is 6.61 Å². The van der Waals surface area contributed by atoms with Crippen molar-refractivity contribution in [2.45, 2.75) is 13.5 Å². The molecule has 0 aliphatic heterocycles. The van der Waals surface area contributed by atoms with Gasteiger partial charge in [-0.15, -0.1) is 11.3 Å². The van der Waals surface area contributed by atoms with E-state index in [0.29, 0.717) is 13.2 Å². The third-order valence-electron chi connectivity index (χ3n) is 3.79. The first kappa shape index (κ1) is 17.9. The summed E-state index contributed by atoms with van der Waals surface area (Å²) in [5.74, 6) is 0.836. The lowest BCUT2D eigenvalue weighted by molar-refractivity contribution is 0.220. The number of aromatic nitrogens is 1. The highest BCUT2D eigenvalue weighted by Gasteiger charge is 2.10. The Hall–Kier alpha value is -2.86. The molecule has 0 bridgehead atoms. The molecule has 2 amide bonds. The average molecular weight is 367 g/mol. The monoisotopic (exact) mass is 367 g/mol. The quantitative estimate of drug-likeness (QED) is 0.676. The van der Waals surface area contributed by atoms with Gasteiger partial charge in [0.1, 0.15) is 10.8 Å². The second kappa shape index (κ2) is 8.49. The first-order valence-electron chi connectivity index (χ1n) is 8.39. The predicted molar refractivity (Wildman–Crippen MR) is 106 cm³/mol. The Bertz CT molecular complexity index is 848. The molecule has 0 fully saturated rings. The van der Waals surface area contributed by atoms with E-state index in [1.54, 1.807) is 29.5 Å². The summed E-state index contributed by atoms with van der Waals surface area (Å²) in [7, 11) is 1.77. The van der Waals surface area contributed by atoms with Gasteiger partial charge < -0.3 is 15.0 Å². The maximum Gasteiger partial charge on any atom is 0.321 e. The van der Waals surface area contributed by atoms with Crippen LogP contribution in [0, 0.1) is 0 Å². The molecule has 2 aromatic carbocycles. The molecule has 3 aromatic rings. The first-order chi connectivity index (χ1) is 12.7. The number of hydrogen-bond donors (Lipinski definition) is 1. The normalized spacial score (nSPS) is 10.4. The van der Waals surface area contributed by atoms with Gasteiger partial charge in [-0.2, -0.15) is 0 Å². The van der Waals surface area contributed by atoms with E-state index >= 15 is 0 Å². The Labute approximate surface area is 157 Å². The number of nitrogens with zero attached hydrogens (tertiary/aromatic N) is 2. The fraction of sp³-hybridized carbons (Fsp3) is 0.200. The molecule has 0 saturated heterocycles. The highest BCUT2D eigenvalue weighted by atomic mass is 32.1. The summed E-state index contributed by atoms with van der Waals surface area (Å²) in [6.07, 6.45) is 1.77. The number of hydrogen-bond acceptors (Lipinski definition) is 4. The Kier molecular flexibility index (Phi) is 5.86. The summed E-state index contributed by atoms with van der Waals surface area (Å²) in [6, 6.07) is 15.3. The minimum absolute atomic E-state index is 0.157. The van der Waals surface area contributed by atoms with Crippen LogP contribution in [-0.4, -0.2) is 29.6 Å². The number of benzene rings is 2. The number of anilines is 1. The van der Waals surface area contributed by atoms with Crippen molar-refractivity contribution in [3.05, 3.63) is 65.7 Å². The molecule has 1 aromatic heterocycles. The van der Waals surface area contributed by atoms with Gasteiger partial charge in [-0.05, 0) is 36.8 Å². The van der Waals surface area contributed by atoms with E-state index in [0.717, 1.165) is 27.6 Å². The summed E-state index contributed by atoms with van der Waals surface area (Å²) in [5, 5.41) is 5.80. The second-order valence-corrected chi connectivity index (χ2v) is 6.68. The number of thiazole rings is 1. The van der Waals surface area contributed by atoms with Gasteiger partial charge in [-0.25, -0.2) is 9.78 Å². The molecule has 0 aliphatic carbocycles. The Balaban J connectivity index is 1.61. The minimum atomic E-state index is -0.157. The van der Waals surface area contributed by atoms with E-state index in [9.17, 15) is 4.79 Å². The third-order valence-corrected chi connectivity index (χ3v) is 4.62. The van der Waals surface area contributed by atoms with E-state index in [4.69, 9.17) is 4.74 Å². The molecule has 0 saturated carbocycles. The molecule has 0 radical (unpaired) electrons. The van der Waals surface area contributed by atoms with Gasteiger partial charge >= 0.3 is 6.03 Å². The number of carbonyl (C=O) groups excluding carboxylic acids is 1. The van der Waals surface area contributed by atoms with Gasteiger partial charge in [0.15, 0.2) is 0 Å². The van der Waals surface area contributed by atoms with Crippen molar-refractivity contribution in [1.82, 2.24) is 9.88 Å². The van der Waals surface area contributed by atoms with E-state index < -0.39 is 0 Å². The lowest BCUT2D eigenvalue weighted by atomic mass is 10.2. The minimum Gasteiger partial charge on any atom is -0.494 e. The number of carbonyl (C=O) groups is 1. The van der Waals surface area contributed by atoms with Gasteiger partial charge in [-0.3, -0.25) is 0 Å². The molecule has 134 valence electrons. The van der Waals surface area contributed by atoms with Gasteiger partial charge in [0, 0.05) is 36.4 Å². The molecule has 6 heteroatoms. The van der Waals surface area contributed by atoms with Crippen LogP contribution in [0.5, 0.6) is 5.75 Å². The van der Waals surface area contributed by atoms with Gasteiger partial charge in [-0.1, -0.05) is 24.3 Å². The van der Waals surface area contributed by atoms with E-state index in [2.05, 4.69) is 10.3 Å². The van der Waals surface area contributed by atoms with Crippen LogP contribution < -0.4 is 10.1 Å². The third kappa shape index (κ3) is 4.61. The molecule has 5 nitrogen and oxygen atoms in total. The SMILES string of the molecule is CCOc1ccc(CN(C)C(=O)Nc2cccc(-c3nccs3)c2)cc1. The molecule has 3 rings (SSSR count). The number of urea groups is 1. The number of ether oxygens (including phenoxy) is 1. The van der Waals surface area contributed by atoms with Gasteiger partial charge in [0.25, 0.3) is 0 Å². The topological polar surface area (TPSA) is 54.5 Å². The Morgan fingerprint density at radius 3 is 2.73 bits per heavy atom. The molecule has 1 heterocycles. The van der Waals surface area contributed by atoms with Crippen LogP contribution in [0.4, 0.5) is 10.5 Å². The summed E-state index contributed by atoms with van der Waals surface area (Å²) in [5.41, 5.74) is 2.79. The summed E-state index contributed by atoms with van der Waals surface area (Å²) < 4.78 is 5.44. The van der Waals surface area contributed by atoms with Crippen LogP contribution >= 0.6 is 11.3 Å². The molecule has 0 unspecified atom stereocenters. The number of amides is 2. The zero-order chi connectivity index (χ0) is 18.4. The molecule has 26 heavy (non-hydrogen) atoms. The molecule has 0 aliphatic rings. The fourth-order valence-corrected chi connectivity index (χ4v) is 3.15. The highest BCUT2D eigenvalue weighted by Crippen LogP contribution is 2.24. The van der Waals surface area contributed by atoms with Crippen LogP contribution in [0.15, 0.2) is 60.1 Å². The van der Waals surface area contributed by atoms with Crippen molar-refractivity contribution in [2.24, 2.45) is 0 Å². The fourth-order valence-electron chi connectivity index (χ4n) is 2.52. The first-order valence-corrected chi connectivity index (χ1v) is 9.27. The van der Waals surface area contributed by atoms with Crippen LogP contribution in [0.25, 0.3) is 10.6 Å². The molecular weight excluding hydrogens is 346 g/mol. The van der Waals surface area contributed by atoms with Crippen molar-refractivity contribution in [3.8, 4) is 16.3 Å². The molecular formula is C20H21N3O2S. The zero-order valence-corrected chi connectivity index (χ0v) is 15.6. The van der Waals surface area contributed by atoms with Crippen molar-refractivity contribution in [2.75, 3.05) is 19.0 Å². The summed E-state index contributed by atoms with van der Waals surface area (Å²) >= 11 is 1.57. The Morgan fingerprint density at radius 1 is 1.23 bits per heavy atom. The van der Waals surface area contributed by atoms with E-state index in [1.165, 1.54) is 0 Å². The van der Waals surface area contributed by atoms with Crippen molar-refractivity contribution in [3.63, 3.8) is 0 Å². The molecule has 0 spiro atoms. The maximum atomic E-state index is 12.5. The predicted octanol–water partition coefficient (Wildman–Crippen LogP) is 4.87. The second-order valence-electron chi connectivity index (χ2n) is 5.78. The molecule has 1 N–H and O–H groups in total. The molecule has 0 atom stereocenters. The van der Waals surface area contributed by atoms with Crippen molar-refractivity contribution in [1.29, 1.82) is 0 Å². The lowest BCUT2D eigenvalue weighted by Gasteiger charge is -2.18. The number of rotatable bonds is 6. The Morgan fingerprint density at radius 2 is 2.04 bits per heavy atom. The van der Waals surface area contributed by atoms with Crippen LogP contribution in [0.3, 0.4) is 0 Å². The largest absolute Gasteiger partial charge is 0.494 e. The highest BCUT2D eigenvalue weighted by molar-refractivity contribution is 7.13. The standard InChI is InChI=1S/C20H21N3O2S/c1-3-25-18-9-7-15(8-10-18)14-23(2)20(24)22-17-6-4-5-16(13-17)19-21-11-12-26-19/h4-13H,3,14H2,1-2H3,(H,22,24).